The number of benzene rings is 1. The quantitative estimate of drug-likeness (QED) is 0.490. The van der Waals surface area contributed by atoms with Crippen LogP contribution in [0.3, 0.4) is 0 Å². The first-order valence-corrected chi connectivity index (χ1v) is 4.74. The predicted molar refractivity (Wildman–Crippen MR) is 59.4 cm³/mol. The van der Waals surface area contributed by atoms with Crippen LogP contribution in [0.15, 0.2) is 54.6 Å². The van der Waals surface area contributed by atoms with Crippen molar-refractivity contribution in [2.24, 2.45) is 0 Å². The summed E-state index contributed by atoms with van der Waals surface area (Å²) in [6.45, 7) is 0. The molecule has 65 valence electrons. The van der Waals surface area contributed by atoms with Crippen LogP contribution in [-0.4, -0.2) is 0 Å². The van der Waals surface area contributed by atoms with Crippen molar-refractivity contribution in [2.45, 2.75) is 0 Å². The largest absolute Gasteiger partial charge is 0.0622 e. The average Bonchev–Trinajstić information content (AvgIpc) is 2.42. The second-order valence-corrected chi connectivity index (χ2v) is 3.41. The summed E-state index contributed by atoms with van der Waals surface area (Å²) in [6.07, 6.45) is 0. The van der Waals surface area contributed by atoms with Crippen LogP contribution in [-0.2, 0) is 0 Å². The molecule has 0 saturated carbocycles. The van der Waals surface area contributed by atoms with Crippen molar-refractivity contribution < 1.29 is 0 Å². The van der Waals surface area contributed by atoms with E-state index in [1.54, 1.807) is 0 Å². The van der Waals surface area contributed by atoms with Gasteiger partial charge in [0.2, 0.25) is 0 Å². The average molecular weight is 177 g/mol. The Morgan fingerprint density at radius 1 is 0.714 bits per heavy atom. The molecule has 0 fully saturated rings. The number of hydrogen-bond acceptors (Lipinski definition) is 0. The molecule has 0 aliphatic heterocycles. The lowest BCUT2D eigenvalue weighted by Gasteiger charge is -1.91. The minimum absolute atomic E-state index is 1.19. The van der Waals surface area contributed by atoms with Crippen LogP contribution in [0.2, 0.25) is 0 Å². The second kappa shape index (κ2) is 2.85. The Morgan fingerprint density at radius 2 is 1.50 bits per heavy atom. The molecule has 1 radical (unpaired) electrons. The van der Waals surface area contributed by atoms with Crippen molar-refractivity contribution in [2.75, 3.05) is 0 Å². The molecular weight excluding hydrogens is 168 g/mol. The molecule has 0 amide bonds. The molecule has 2 aliphatic carbocycles. The van der Waals surface area contributed by atoms with Gasteiger partial charge in [-0.15, -0.1) is 0 Å². The summed E-state index contributed by atoms with van der Waals surface area (Å²) >= 11 is 0. The third-order valence-corrected chi connectivity index (χ3v) is 2.52. The molecule has 2 aliphatic rings. The minimum atomic E-state index is 1.19. The summed E-state index contributed by atoms with van der Waals surface area (Å²) in [7, 11) is 0. The molecule has 0 bridgehead atoms. The molecule has 0 saturated heterocycles. The van der Waals surface area contributed by atoms with Gasteiger partial charge in [-0.2, -0.15) is 0 Å². The van der Waals surface area contributed by atoms with Crippen LogP contribution in [0.5, 0.6) is 0 Å². The Labute approximate surface area is 83.1 Å². The Kier molecular flexibility index (Phi) is 1.54. The molecule has 0 spiro atoms. The fourth-order valence-electron chi connectivity index (χ4n) is 1.86. The highest BCUT2D eigenvalue weighted by atomic mass is 14.1. The molecule has 14 heavy (non-hydrogen) atoms. The van der Waals surface area contributed by atoms with Crippen LogP contribution in [0.4, 0.5) is 0 Å². The number of hydrogen-bond donors (Lipinski definition) is 0. The topological polar surface area (TPSA) is 0 Å². The lowest BCUT2D eigenvalue weighted by molar-refractivity contribution is 1.83. The minimum Gasteiger partial charge on any atom is -0.0622 e. The molecule has 0 heteroatoms. The van der Waals surface area contributed by atoms with Crippen molar-refractivity contribution in [3.05, 3.63) is 60.7 Å². The molecule has 0 heterocycles. The van der Waals surface area contributed by atoms with Crippen molar-refractivity contribution in [1.82, 2.24) is 0 Å². The maximum absolute atomic E-state index is 3.40. The first-order chi connectivity index (χ1) is 6.95. The molecule has 0 aromatic heterocycles. The highest BCUT2D eigenvalue weighted by molar-refractivity contribution is 6.01. The summed E-state index contributed by atoms with van der Waals surface area (Å²) < 4.78 is 0. The van der Waals surface area contributed by atoms with Gasteiger partial charge in [0.1, 0.15) is 0 Å². The predicted octanol–water partition coefficient (Wildman–Crippen LogP) is 3.74. The lowest BCUT2D eigenvalue weighted by Crippen LogP contribution is -1.65. The third kappa shape index (κ3) is 1.01. The zero-order valence-corrected chi connectivity index (χ0v) is 7.70. The summed E-state index contributed by atoms with van der Waals surface area (Å²) in [5.74, 6) is 0. The zero-order valence-electron chi connectivity index (χ0n) is 7.70. The van der Waals surface area contributed by atoms with E-state index in [9.17, 15) is 0 Å². The van der Waals surface area contributed by atoms with E-state index >= 15 is 0 Å². The van der Waals surface area contributed by atoms with Crippen LogP contribution in [0.25, 0.3) is 21.9 Å². The lowest BCUT2D eigenvalue weighted by atomic mass is 10.1. The summed E-state index contributed by atoms with van der Waals surface area (Å²) in [6, 6.07) is 22.2. The normalized spacial score (nSPS) is 10.9. The van der Waals surface area contributed by atoms with E-state index in [0.29, 0.717) is 0 Å². The first kappa shape index (κ1) is 7.57. The Bertz CT molecular complexity index is 552. The van der Waals surface area contributed by atoms with Gasteiger partial charge in [-0.1, -0.05) is 54.6 Å². The summed E-state index contributed by atoms with van der Waals surface area (Å²) in [5, 5.41) is 2.49. The first-order valence-electron chi connectivity index (χ1n) is 4.74. The fourth-order valence-corrected chi connectivity index (χ4v) is 1.86. The van der Waals surface area contributed by atoms with Gasteiger partial charge in [-0.05, 0) is 28.0 Å². The van der Waals surface area contributed by atoms with Crippen LogP contribution < -0.4 is 0 Å². The SMILES string of the molecule is [c]1c2cccccc-2c2ccccc12. The molecule has 0 N–H and O–H groups in total. The van der Waals surface area contributed by atoms with Crippen LogP contribution >= 0.6 is 0 Å². The highest BCUT2D eigenvalue weighted by Gasteiger charge is 2.06. The van der Waals surface area contributed by atoms with Gasteiger partial charge in [0, 0.05) is 0 Å². The van der Waals surface area contributed by atoms with Gasteiger partial charge in [-0.25, -0.2) is 0 Å². The van der Waals surface area contributed by atoms with Crippen molar-refractivity contribution in [1.29, 1.82) is 0 Å². The van der Waals surface area contributed by atoms with E-state index in [4.69, 9.17) is 0 Å². The molecule has 0 atom stereocenters. The van der Waals surface area contributed by atoms with Gasteiger partial charge in [-0.3, -0.25) is 0 Å². The molecule has 1 aromatic rings. The Hall–Kier alpha value is -1.82. The van der Waals surface area contributed by atoms with E-state index in [0.717, 1.165) is 0 Å². The van der Waals surface area contributed by atoms with Gasteiger partial charge < -0.3 is 0 Å². The van der Waals surface area contributed by atoms with Gasteiger partial charge in [0.25, 0.3) is 0 Å². The molecule has 0 unspecified atom stereocenters. The summed E-state index contributed by atoms with van der Waals surface area (Å²) in [5.41, 5.74) is 2.47. The maximum atomic E-state index is 3.40. The van der Waals surface area contributed by atoms with Gasteiger partial charge in [0.05, 0.1) is 0 Å². The van der Waals surface area contributed by atoms with Gasteiger partial charge >= 0.3 is 0 Å². The van der Waals surface area contributed by atoms with E-state index in [1.807, 2.05) is 6.07 Å². The van der Waals surface area contributed by atoms with E-state index in [2.05, 4.69) is 54.6 Å². The Morgan fingerprint density at radius 3 is 2.50 bits per heavy atom. The smallest absolute Gasteiger partial charge is 0.00139 e. The number of rotatable bonds is 0. The van der Waals surface area contributed by atoms with E-state index < -0.39 is 0 Å². The van der Waals surface area contributed by atoms with Crippen molar-refractivity contribution in [3.63, 3.8) is 0 Å². The van der Waals surface area contributed by atoms with Crippen LogP contribution in [0, 0.1) is 6.07 Å². The molecular formula is C14H9. The number of fused-ring (bicyclic) bond motifs is 3. The zero-order chi connectivity index (χ0) is 9.38. The fraction of sp³-hybridized carbons (Fsp3) is 0. The highest BCUT2D eigenvalue weighted by Crippen LogP contribution is 2.31. The van der Waals surface area contributed by atoms with Crippen molar-refractivity contribution in [3.8, 4) is 11.1 Å². The molecule has 3 rings (SSSR count). The monoisotopic (exact) mass is 177 g/mol. The standard InChI is InChI=1S/C14H9/c1-2-6-11-10-12-7-4-5-9-14(12)13(11)8-3-1/h1-9H. The van der Waals surface area contributed by atoms with Crippen molar-refractivity contribution >= 4 is 10.8 Å². The summed E-state index contributed by atoms with van der Waals surface area (Å²) in [4.78, 5) is 0. The second-order valence-electron chi connectivity index (χ2n) is 3.41. The van der Waals surface area contributed by atoms with Gasteiger partial charge in [0.15, 0.2) is 0 Å². The molecule has 1 aromatic carbocycles. The third-order valence-electron chi connectivity index (χ3n) is 2.52. The Balaban J connectivity index is 2.52. The van der Waals surface area contributed by atoms with E-state index in [1.165, 1.54) is 21.9 Å². The molecule has 0 nitrogen and oxygen atoms in total. The van der Waals surface area contributed by atoms with Crippen LogP contribution in [0.1, 0.15) is 0 Å². The maximum Gasteiger partial charge on any atom is -0.00139 e. The van der Waals surface area contributed by atoms with E-state index in [-0.39, 0.29) is 0 Å².